The molecule has 0 aliphatic heterocycles. The predicted octanol–water partition coefficient (Wildman–Crippen LogP) is 3.50. The average molecular weight is 321 g/mol. The van der Waals surface area contributed by atoms with Crippen molar-refractivity contribution in [2.45, 2.75) is 15.0 Å². The van der Waals surface area contributed by atoms with E-state index >= 15 is 0 Å². The molecule has 0 radical (unpaired) electrons. The summed E-state index contributed by atoms with van der Waals surface area (Å²) in [5, 5.41) is 0.809. The summed E-state index contributed by atoms with van der Waals surface area (Å²) in [6, 6.07) is 0. The van der Waals surface area contributed by atoms with Crippen molar-refractivity contribution in [3.63, 3.8) is 0 Å². The van der Waals surface area contributed by atoms with Gasteiger partial charge in [-0.1, -0.05) is 49.5 Å². The Labute approximate surface area is 92.6 Å². The molecule has 0 aromatic carbocycles. The van der Waals surface area contributed by atoms with E-state index in [0.717, 1.165) is 5.03 Å². The van der Waals surface area contributed by atoms with Crippen molar-refractivity contribution < 1.29 is 0 Å². The zero-order chi connectivity index (χ0) is 8.17. The van der Waals surface area contributed by atoms with E-state index in [9.17, 15) is 0 Å². The minimum atomic E-state index is -0.00424. The van der Waals surface area contributed by atoms with Crippen LogP contribution in [0.15, 0.2) is 11.1 Å². The lowest BCUT2D eigenvalue weighted by Gasteiger charge is -2.51. The van der Waals surface area contributed by atoms with Gasteiger partial charge in [0.1, 0.15) is 0 Å². The summed E-state index contributed by atoms with van der Waals surface area (Å²) in [5.41, 5.74) is 0. The van der Waals surface area contributed by atoms with E-state index in [1.807, 2.05) is 0 Å². The lowest BCUT2D eigenvalue weighted by atomic mass is 9.68. The SMILES string of the molecule is ClC1=CC2C(Br)C([C@@H]2Br)[C@H]1Cl. The quantitative estimate of drug-likeness (QED) is 0.599. The first-order chi connectivity index (χ1) is 5.13. The second kappa shape index (κ2) is 2.90. The normalized spacial score (nSPS) is 54.9. The van der Waals surface area contributed by atoms with Crippen LogP contribution in [0.25, 0.3) is 0 Å². The second-order valence-corrected chi connectivity index (χ2v) is 6.02. The average Bonchev–Trinajstić information content (AvgIpc) is 1.97. The summed E-state index contributed by atoms with van der Waals surface area (Å²) in [4.78, 5) is 1.02. The van der Waals surface area contributed by atoms with Crippen LogP contribution in [-0.4, -0.2) is 15.0 Å². The Morgan fingerprint density at radius 2 is 1.82 bits per heavy atom. The van der Waals surface area contributed by atoms with Crippen LogP contribution < -0.4 is 0 Å². The summed E-state index contributed by atoms with van der Waals surface area (Å²) in [6.07, 6.45) is 2.05. The van der Waals surface area contributed by atoms with Crippen LogP contribution in [0.5, 0.6) is 0 Å². The highest BCUT2D eigenvalue weighted by Crippen LogP contribution is 2.54. The Morgan fingerprint density at radius 1 is 1.27 bits per heavy atom. The van der Waals surface area contributed by atoms with Gasteiger partial charge in [0.05, 0.1) is 5.38 Å². The molecule has 0 amide bonds. The van der Waals surface area contributed by atoms with E-state index in [4.69, 9.17) is 23.2 Å². The first-order valence-electron chi connectivity index (χ1n) is 3.42. The van der Waals surface area contributed by atoms with Crippen LogP contribution in [0, 0.1) is 11.8 Å². The van der Waals surface area contributed by atoms with E-state index in [1.165, 1.54) is 0 Å². The van der Waals surface area contributed by atoms with Gasteiger partial charge < -0.3 is 0 Å². The maximum absolute atomic E-state index is 6.08. The zero-order valence-electron chi connectivity index (χ0n) is 5.48. The molecule has 1 saturated carbocycles. The minimum absolute atomic E-state index is 0.00424. The number of halogens is 4. The first kappa shape index (κ1) is 8.86. The smallest absolute Gasteiger partial charge is 0.0739 e. The lowest BCUT2D eigenvalue weighted by Crippen LogP contribution is -2.55. The van der Waals surface area contributed by atoms with Gasteiger partial charge in [-0.15, -0.1) is 11.6 Å². The fraction of sp³-hybridized carbons (Fsp3) is 0.714. The number of allylic oxidation sites excluding steroid dienone is 2. The Bertz CT molecular complexity index is 206. The molecule has 3 unspecified atom stereocenters. The molecule has 4 heteroatoms. The van der Waals surface area contributed by atoms with Gasteiger partial charge in [0.15, 0.2) is 0 Å². The van der Waals surface area contributed by atoms with Crippen molar-refractivity contribution in [3.8, 4) is 0 Å². The number of fused-ring (bicyclic) bond motifs is 1. The standard InChI is InChI=1S/C7H6Br2Cl2/c8-5-2-1-3(10)7(11)4(5)6(2)9/h1-2,4-7H/t2?,4?,5-,6?,7+/m1/s1. The van der Waals surface area contributed by atoms with Crippen LogP contribution in [0.2, 0.25) is 0 Å². The maximum atomic E-state index is 6.08. The molecule has 62 valence electrons. The topological polar surface area (TPSA) is 0 Å². The van der Waals surface area contributed by atoms with Crippen molar-refractivity contribution >= 4 is 55.1 Å². The third-order valence-electron chi connectivity index (χ3n) is 2.42. The van der Waals surface area contributed by atoms with Crippen molar-refractivity contribution in [2.75, 3.05) is 0 Å². The molecule has 0 aromatic rings. The molecule has 3 aliphatic carbocycles. The van der Waals surface area contributed by atoms with Crippen molar-refractivity contribution in [1.82, 2.24) is 0 Å². The van der Waals surface area contributed by atoms with Gasteiger partial charge in [0.25, 0.3) is 0 Å². The molecular weight excluding hydrogens is 315 g/mol. The second-order valence-electron chi connectivity index (χ2n) is 3.00. The summed E-state index contributed by atoms with van der Waals surface area (Å²) in [7, 11) is 0. The summed E-state index contributed by atoms with van der Waals surface area (Å²) in [5.74, 6) is 0.988. The Hall–Kier alpha value is 1.28. The third-order valence-corrected chi connectivity index (χ3v) is 5.86. The summed E-state index contributed by atoms with van der Waals surface area (Å²) in [6.45, 7) is 0. The molecule has 5 atom stereocenters. The molecule has 0 aromatic heterocycles. The van der Waals surface area contributed by atoms with Gasteiger partial charge in [-0.05, 0) is 0 Å². The number of alkyl halides is 3. The molecule has 0 heterocycles. The Morgan fingerprint density at radius 3 is 2.18 bits per heavy atom. The van der Waals surface area contributed by atoms with E-state index in [0.29, 0.717) is 21.5 Å². The maximum Gasteiger partial charge on any atom is 0.0739 e. The third kappa shape index (κ3) is 1.13. The number of hydrogen-bond acceptors (Lipinski definition) is 0. The highest BCUT2D eigenvalue weighted by Gasteiger charge is 2.53. The molecular formula is C7H6Br2Cl2. The van der Waals surface area contributed by atoms with Crippen molar-refractivity contribution in [2.24, 2.45) is 11.8 Å². The number of rotatable bonds is 0. The van der Waals surface area contributed by atoms with Gasteiger partial charge in [-0.2, -0.15) is 0 Å². The molecule has 0 saturated heterocycles. The van der Waals surface area contributed by atoms with Gasteiger partial charge in [0, 0.05) is 26.5 Å². The van der Waals surface area contributed by atoms with Crippen LogP contribution in [0.1, 0.15) is 0 Å². The van der Waals surface area contributed by atoms with Crippen molar-refractivity contribution in [1.29, 1.82) is 0 Å². The van der Waals surface area contributed by atoms with Crippen molar-refractivity contribution in [3.05, 3.63) is 11.1 Å². The fourth-order valence-electron chi connectivity index (χ4n) is 1.69. The molecule has 3 rings (SSSR count). The molecule has 11 heavy (non-hydrogen) atoms. The minimum Gasteiger partial charge on any atom is -0.116 e. The summed E-state index contributed by atoms with van der Waals surface area (Å²) < 4.78 is 0. The number of hydrogen-bond donors (Lipinski definition) is 0. The van der Waals surface area contributed by atoms with Crippen LogP contribution in [-0.2, 0) is 0 Å². The predicted molar refractivity (Wildman–Crippen MR) is 56.0 cm³/mol. The van der Waals surface area contributed by atoms with Crippen LogP contribution in [0.4, 0.5) is 0 Å². The monoisotopic (exact) mass is 318 g/mol. The fourth-order valence-corrected chi connectivity index (χ4v) is 5.76. The first-order valence-corrected chi connectivity index (χ1v) is 6.07. The highest BCUT2D eigenvalue weighted by molar-refractivity contribution is 9.10. The van der Waals surface area contributed by atoms with E-state index in [-0.39, 0.29) is 5.38 Å². The summed E-state index contributed by atoms with van der Waals surface area (Å²) >= 11 is 19.2. The zero-order valence-corrected chi connectivity index (χ0v) is 10.2. The van der Waals surface area contributed by atoms with E-state index in [2.05, 4.69) is 37.9 Å². The molecule has 2 bridgehead atoms. The largest absolute Gasteiger partial charge is 0.116 e. The van der Waals surface area contributed by atoms with Crippen LogP contribution in [0.3, 0.4) is 0 Å². The molecule has 0 nitrogen and oxygen atoms in total. The van der Waals surface area contributed by atoms with Gasteiger partial charge >= 0.3 is 0 Å². The van der Waals surface area contributed by atoms with Crippen LogP contribution >= 0.6 is 55.1 Å². The van der Waals surface area contributed by atoms with E-state index in [1.54, 1.807) is 0 Å². The molecule has 0 spiro atoms. The molecule has 0 N–H and O–H groups in total. The van der Waals surface area contributed by atoms with Gasteiger partial charge in [0.2, 0.25) is 0 Å². The Kier molecular flexibility index (Phi) is 2.33. The molecule has 1 fully saturated rings. The lowest BCUT2D eigenvalue weighted by molar-refractivity contribution is 0.268. The Balaban J connectivity index is 2.29. The highest BCUT2D eigenvalue weighted by atomic mass is 79.9. The van der Waals surface area contributed by atoms with Gasteiger partial charge in [-0.3, -0.25) is 0 Å². The van der Waals surface area contributed by atoms with Gasteiger partial charge in [-0.25, -0.2) is 0 Å². The van der Waals surface area contributed by atoms with E-state index < -0.39 is 0 Å². The molecule has 3 aliphatic rings.